The summed E-state index contributed by atoms with van der Waals surface area (Å²) in [4.78, 5) is 109. The van der Waals surface area contributed by atoms with Crippen molar-refractivity contribution in [1.82, 2.24) is 10.1 Å². The molecule has 6 aliphatic rings. The number of hydrogen-bond acceptors (Lipinski definition) is 18. The fraction of sp³-hybridized carbons (Fsp3) is 0.120. The van der Waals surface area contributed by atoms with Crippen LogP contribution in [0, 0.1) is 0 Å². The van der Waals surface area contributed by atoms with Crippen LogP contribution in [0.15, 0.2) is 109 Å². The molecule has 0 aliphatic carbocycles. The third kappa shape index (κ3) is 6.44. The number of esters is 2. The molecule has 0 unspecified atom stereocenters. The van der Waals surface area contributed by atoms with E-state index in [1.165, 1.54) is 97.1 Å². The fourth-order valence-electron chi connectivity index (χ4n) is 9.25. The fourth-order valence-corrected chi connectivity index (χ4v) is 9.25. The van der Waals surface area contributed by atoms with Crippen LogP contribution in [0.2, 0.25) is 0 Å². The summed E-state index contributed by atoms with van der Waals surface area (Å²) >= 11 is 0. The number of rotatable bonds is 4. The van der Waals surface area contributed by atoms with Crippen LogP contribution in [0.3, 0.4) is 0 Å². The van der Waals surface area contributed by atoms with Crippen molar-refractivity contribution in [1.29, 1.82) is 0 Å². The van der Waals surface area contributed by atoms with Gasteiger partial charge in [0.15, 0.2) is 11.2 Å². The Morgan fingerprint density at radius 3 is 1.17 bits per heavy atom. The second kappa shape index (κ2) is 15.4. The largest absolute Gasteiger partial charge is 0.508 e. The molecule has 0 aromatic heterocycles. The monoisotopic (exact) mass is 946 g/mol. The van der Waals surface area contributed by atoms with Gasteiger partial charge in [-0.3, -0.25) is 19.2 Å². The topological polar surface area (TPSA) is 279 Å². The number of phenolic OH excluding ortho intramolecular Hbond substituents is 4. The van der Waals surface area contributed by atoms with E-state index in [2.05, 4.69) is 0 Å². The quantitative estimate of drug-likeness (QED) is 0.120. The van der Waals surface area contributed by atoms with E-state index in [1.54, 1.807) is 12.1 Å². The molecule has 0 atom stereocenters. The zero-order valence-electron chi connectivity index (χ0n) is 35.6. The van der Waals surface area contributed by atoms with Crippen molar-refractivity contribution in [3.63, 3.8) is 0 Å². The molecule has 6 aromatic rings. The normalized spacial score (nSPS) is 16.9. The summed E-state index contributed by atoms with van der Waals surface area (Å²) < 4.78 is 23.6. The van der Waals surface area contributed by atoms with Crippen LogP contribution in [0.1, 0.15) is 100 Å². The van der Waals surface area contributed by atoms with Gasteiger partial charge in [-0.25, -0.2) is 19.2 Å². The SMILES string of the molecule is O=C(ON1C(=O)CCC1=O)c1ccc2c(c1)C(=O)OC21c2ccc(O)cc2Oc2cc(O)ccc21.O=C(ON1C(=O)CCC1=O)c1ccc2c(c1)C1(OC2=O)c2ccc(O)cc2Oc2cc(O)ccc21. The van der Waals surface area contributed by atoms with E-state index in [0.29, 0.717) is 43.5 Å². The molecule has 348 valence electrons. The Morgan fingerprint density at radius 1 is 0.414 bits per heavy atom. The van der Waals surface area contributed by atoms with E-state index in [0.717, 1.165) is 0 Å². The van der Waals surface area contributed by atoms with Gasteiger partial charge in [-0.15, -0.1) is 10.1 Å². The molecule has 20 heteroatoms. The highest BCUT2D eigenvalue weighted by Gasteiger charge is 2.55. The van der Waals surface area contributed by atoms with E-state index in [-0.39, 0.29) is 93.9 Å². The molecule has 20 nitrogen and oxygen atoms in total. The van der Waals surface area contributed by atoms with E-state index < -0.39 is 58.7 Å². The van der Waals surface area contributed by atoms with Crippen molar-refractivity contribution >= 4 is 47.5 Å². The van der Waals surface area contributed by atoms with Crippen LogP contribution in [0.5, 0.6) is 46.0 Å². The first kappa shape index (κ1) is 42.9. The van der Waals surface area contributed by atoms with Gasteiger partial charge in [0, 0.05) is 83.3 Å². The highest BCUT2D eigenvalue weighted by atomic mass is 16.7. The molecule has 2 saturated heterocycles. The summed E-state index contributed by atoms with van der Waals surface area (Å²) in [6, 6.07) is 25.6. The number of imide groups is 2. The Balaban J connectivity index is 0.000000152. The van der Waals surface area contributed by atoms with Crippen LogP contribution >= 0.6 is 0 Å². The van der Waals surface area contributed by atoms with Crippen LogP contribution in [0.25, 0.3) is 0 Å². The lowest BCUT2D eigenvalue weighted by atomic mass is 9.77. The number of nitrogens with zero attached hydrogens (tertiary/aromatic N) is 2. The first-order valence-electron chi connectivity index (χ1n) is 21.2. The number of carbonyl (C=O) groups excluding carboxylic acids is 8. The first-order chi connectivity index (χ1) is 33.5. The third-order valence-electron chi connectivity index (χ3n) is 12.4. The van der Waals surface area contributed by atoms with Gasteiger partial charge in [0.2, 0.25) is 0 Å². The van der Waals surface area contributed by atoms with Gasteiger partial charge < -0.3 is 49.0 Å². The predicted octanol–water partition coefficient (Wildman–Crippen LogP) is 5.77. The smallest absolute Gasteiger partial charge is 0.363 e. The molecule has 0 bridgehead atoms. The van der Waals surface area contributed by atoms with Crippen LogP contribution in [-0.2, 0) is 49.5 Å². The van der Waals surface area contributed by atoms with E-state index in [9.17, 15) is 58.8 Å². The summed E-state index contributed by atoms with van der Waals surface area (Å²) in [6.45, 7) is 0. The Morgan fingerprint density at radius 2 is 0.757 bits per heavy atom. The molecule has 12 rings (SSSR count). The zero-order valence-corrected chi connectivity index (χ0v) is 35.6. The van der Waals surface area contributed by atoms with Crippen molar-refractivity contribution in [3.8, 4) is 46.0 Å². The highest BCUT2D eigenvalue weighted by Crippen LogP contribution is 2.59. The molecular formula is C50H30N2O18. The summed E-state index contributed by atoms with van der Waals surface area (Å²) in [6.07, 6.45) is -0.182. The van der Waals surface area contributed by atoms with Gasteiger partial charge in [-0.05, 0) is 78.9 Å². The number of hydroxylamine groups is 4. The second-order valence-corrected chi connectivity index (χ2v) is 16.5. The Labute approximate surface area is 391 Å². The third-order valence-corrected chi connectivity index (χ3v) is 12.4. The minimum absolute atomic E-state index is 0.0268. The van der Waals surface area contributed by atoms with E-state index >= 15 is 0 Å². The van der Waals surface area contributed by atoms with Gasteiger partial charge in [0.05, 0.1) is 22.3 Å². The predicted molar refractivity (Wildman–Crippen MR) is 229 cm³/mol. The molecule has 6 heterocycles. The van der Waals surface area contributed by atoms with Gasteiger partial charge in [-0.2, -0.15) is 0 Å². The molecule has 4 N–H and O–H groups in total. The second-order valence-electron chi connectivity index (χ2n) is 16.5. The molecular weight excluding hydrogens is 917 g/mol. The number of fused-ring (bicyclic) bond motifs is 12. The number of phenols is 4. The molecule has 0 saturated carbocycles. The summed E-state index contributed by atoms with van der Waals surface area (Å²) in [5.74, 6) is -5.34. The summed E-state index contributed by atoms with van der Waals surface area (Å²) in [7, 11) is 0. The maximum Gasteiger partial charge on any atom is 0.363 e. The van der Waals surface area contributed by atoms with Crippen molar-refractivity contribution in [3.05, 3.63) is 165 Å². The number of amides is 4. The van der Waals surface area contributed by atoms with Crippen LogP contribution in [-0.4, -0.2) is 78.1 Å². The highest BCUT2D eigenvalue weighted by molar-refractivity contribution is 6.05. The van der Waals surface area contributed by atoms with Crippen molar-refractivity contribution < 1.29 is 87.4 Å². The molecule has 6 aromatic carbocycles. The molecule has 2 spiro atoms. The van der Waals surface area contributed by atoms with Crippen molar-refractivity contribution in [2.45, 2.75) is 36.9 Å². The Hall–Kier alpha value is -9.72. The molecule has 2 fully saturated rings. The lowest BCUT2D eigenvalue weighted by Crippen LogP contribution is -2.33. The van der Waals surface area contributed by atoms with Crippen molar-refractivity contribution in [2.75, 3.05) is 0 Å². The summed E-state index contributed by atoms with van der Waals surface area (Å²) in [5, 5.41) is 40.8. The van der Waals surface area contributed by atoms with Crippen molar-refractivity contribution in [2.24, 2.45) is 0 Å². The van der Waals surface area contributed by atoms with Crippen LogP contribution < -0.4 is 9.47 Å². The van der Waals surface area contributed by atoms with Gasteiger partial charge >= 0.3 is 23.9 Å². The minimum Gasteiger partial charge on any atom is -0.508 e. The maximum atomic E-state index is 13.1. The van der Waals surface area contributed by atoms with Gasteiger partial charge in [-0.1, -0.05) is 6.07 Å². The minimum atomic E-state index is -1.56. The Kier molecular flexibility index (Phi) is 9.45. The zero-order chi connectivity index (χ0) is 49.0. The van der Waals surface area contributed by atoms with Gasteiger partial charge in [0.25, 0.3) is 23.6 Å². The standard InChI is InChI=1S/2C25H15NO9/c27-13-2-5-17-19(10-13)33-20-11-14(28)3-6-18(20)25(17)16-4-1-12(9-15(16)24(32)34-25)23(31)35-26-21(29)7-8-22(26)30;27-13-2-5-16-19(10-13)33-20-11-14(28)3-6-17(20)25(16)18-9-12(1-4-15(18)24(32)34-25)23(31)35-26-21(29)7-8-22(26)30/h2*1-6,9-11,27-28H,7-8H2. The van der Waals surface area contributed by atoms with E-state index in [4.69, 9.17) is 28.6 Å². The van der Waals surface area contributed by atoms with Gasteiger partial charge in [0.1, 0.15) is 46.0 Å². The molecule has 0 radical (unpaired) electrons. The van der Waals surface area contributed by atoms with E-state index in [1.807, 2.05) is 0 Å². The summed E-state index contributed by atoms with van der Waals surface area (Å²) in [5.41, 5.74) is -0.552. The average Bonchev–Trinajstić information content (AvgIpc) is 4.02. The van der Waals surface area contributed by atoms with Crippen LogP contribution in [0.4, 0.5) is 0 Å². The lowest BCUT2D eigenvalue weighted by molar-refractivity contribution is -0.173. The lowest BCUT2D eigenvalue weighted by Gasteiger charge is -2.36. The number of ether oxygens (including phenoxy) is 4. The molecule has 4 amide bonds. The average molecular weight is 947 g/mol. The molecule has 70 heavy (non-hydrogen) atoms. The first-order valence-corrected chi connectivity index (χ1v) is 21.2. The number of hydrogen-bond donors (Lipinski definition) is 4. The maximum absolute atomic E-state index is 13.1. The Bertz CT molecular complexity index is 3300. The number of aromatic hydroxyl groups is 4. The number of carbonyl (C=O) groups is 8. The molecule has 6 aliphatic heterocycles. The number of benzene rings is 6.